The van der Waals surface area contributed by atoms with Gasteiger partial charge in [0.05, 0.1) is 0 Å². The van der Waals surface area contributed by atoms with Crippen LogP contribution >= 0.6 is 11.6 Å². The van der Waals surface area contributed by atoms with Crippen molar-refractivity contribution in [3.8, 4) is 6.07 Å². The van der Waals surface area contributed by atoms with Crippen LogP contribution in [0.4, 0.5) is 5.69 Å². The molecule has 1 N–H and O–H groups in total. The van der Waals surface area contributed by atoms with Crippen LogP contribution in [-0.2, 0) is 4.79 Å². The first-order valence-corrected chi connectivity index (χ1v) is 8.21. The zero-order chi connectivity index (χ0) is 18.4. The molecule has 0 spiro atoms. The fourth-order valence-electron chi connectivity index (χ4n) is 2.59. The third kappa shape index (κ3) is 5.07. The third-order valence-corrected chi connectivity index (χ3v) is 3.89. The van der Waals surface area contributed by atoms with Crippen molar-refractivity contribution in [3.63, 3.8) is 0 Å². The Labute approximate surface area is 153 Å². The molecule has 0 aliphatic rings. The van der Waals surface area contributed by atoms with Crippen LogP contribution in [0, 0.1) is 32.1 Å². The van der Waals surface area contributed by atoms with Crippen molar-refractivity contribution >= 4 is 29.3 Å². The summed E-state index contributed by atoms with van der Waals surface area (Å²) in [6, 6.07) is 15.4. The van der Waals surface area contributed by atoms with Crippen LogP contribution in [0.1, 0.15) is 22.3 Å². The Morgan fingerprint density at radius 1 is 1.12 bits per heavy atom. The summed E-state index contributed by atoms with van der Waals surface area (Å²) >= 11 is 6.17. The molecule has 0 atom stereocenters. The minimum Gasteiger partial charge on any atom is -0.321 e. The summed E-state index contributed by atoms with van der Waals surface area (Å²) in [5.74, 6) is -0.475. The van der Waals surface area contributed by atoms with E-state index in [2.05, 4.69) is 5.32 Å². The number of anilines is 1. The van der Waals surface area contributed by atoms with Crippen molar-refractivity contribution in [2.24, 2.45) is 0 Å². The van der Waals surface area contributed by atoms with E-state index in [1.807, 2.05) is 69.3 Å². The summed E-state index contributed by atoms with van der Waals surface area (Å²) in [7, 11) is 0. The molecule has 4 heteroatoms. The number of hydrogen-bond donors (Lipinski definition) is 1. The number of rotatable bonds is 4. The maximum Gasteiger partial charge on any atom is 0.266 e. The van der Waals surface area contributed by atoms with E-state index < -0.39 is 5.91 Å². The number of carbonyl (C=O) groups excluding carboxylic acids is 1. The molecule has 126 valence electrons. The summed E-state index contributed by atoms with van der Waals surface area (Å²) in [6.07, 6.45) is 3.08. The fraction of sp³-hybridized carbons (Fsp3) is 0.143. The van der Waals surface area contributed by atoms with Gasteiger partial charge in [0.15, 0.2) is 0 Å². The van der Waals surface area contributed by atoms with Gasteiger partial charge in [-0.05, 0) is 49.6 Å². The van der Waals surface area contributed by atoms with Crippen molar-refractivity contribution in [2.45, 2.75) is 20.8 Å². The first kappa shape index (κ1) is 18.5. The van der Waals surface area contributed by atoms with E-state index in [0.29, 0.717) is 5.03 Å². The molecular formula is C21H19ClN2O. The molecule has 0 saturated carbocycles. The van der Waals surface area contributed by atoms with Gasteiger partial charge in [-0.15, -0.1) is 0 Å². The van der Waals surface area contributed by atoms with Crippen LogP contribution in [0.25, 0.3) is 6.08 Å². The molecule has 0 radical (unpaired) electrons. The van der Waals surface area contributed by atoms with Crippen LogP contribution in [0.15, 0.2) is 59.1 Å². The Morgan fingerprint density at radius 3 is 2.28 bits per heavy atom. The van der Waals surface area contributed by atoms with Gasteiger partial charge in [-0.25, -0.2) is 0 Å². The highest BCUT2D eigenvalue weighted by molar-refractivity contribution is 6.33. The highest BCUT2D eigenvalue weighted by atomic mass is 35.5. The number of halogens is 1. The molecule has 0 bridgehead atoms. The molecule has 2 aromatic carbocycles. The Morgan fingerprint density at radius 2 is 1.72 bits per heavy atom. The predicted octanol–water partition coefficient (Wildman–Crippen LogP) is 5.28. The van der Waals surface area contributed by atoms with Crippen molar-refractivity contribution < 1.29 is 4.79 Å². The zero-order valence-electron chi connectivity index (χ0n) is 14.4. The Bertz CT molecular complexity index is 867. The van der Waals surface area contributed by atoms with Gasteiger partial charge in [-0.3, -0.25) is 4.79 Å². The molecule has 25 heavy (non-hydrogen) atoms. The van der Waals surface area contributed by atoms with Crippen molar-refractivity contribution in [2.75, 3.05) is 5.32 Å². The summed E-state index contributed by atoms with van der Waals surface area (Å²) < 4.78 is 0. The average molecular weight is 351 g/mol. The number of aryl methyl sites for hydroxylation is 3. The number of allylic oxidation sites excluding steroid dienone is 2. The number of amides is 1. The topological polar surface area (TPSA) is 52.9 Å². The second kappa shape index (κ2) is 8.32. The largest absolute Gasteiger partial charge is 0.321 e. The third-order valence-electron chi connectivity index (χ3n) is 3.67. The van der Waals surface area contributed by atoms with E-state index in [-0.39, 0.29) is 5.57 Å². The molecule has 0 aliphatic carbocycles. The minimum absolute atomic E-state index is 0.0449. The van der Waals surface area contributed by atoms with Crippen molar-refractivity contribution in [1.82, 2.24) is 0 Å². The standard InChI is InChI=1S/C21H19ClN2O/c1-14-9-15(2)20(16(3)10-14)24-21(25)18(13-23)12-19(22)11-17-7-5-4-6-8-17/h4-12H,1-3H3,(H,24,25)/b18-12+,19-11-. The summed E-state index contributed by atoms with van der Waals surface area (Å²) in [6.45, 7) is 5.85. The molecule has 0 fully saturated rings. The number of benzene rings is 2. The highest BCUT2D eigenvalue weighted by Gasteiger charge is 2.13. The first-order valence-electron chi connectivity index (χ1n) is 7.84. The van der Waals surface area contributed by atoms with E-state index in [1.165, 1.54) is 6.08 Å². The Kier molecular flexibility index (Phi) is 6.16. The maximum absolute atomic E-state index is 12.4. The average Bonchev–Trinajstić information content (AvgIpc) is 2.56. The van der Waals surface area contributed by atoms with Crippen LogP contribution < -0.4 is 5.32 Å². The van der Waals surface area contributed by atoms with E-state index >= 15 is 0 Å². The number of nitrogens with one attached hydrogen (secondary N) is 1. The number of nitrogens with zero attached hydrogens (tertiary/aromatic N) is 1. The highest BCUT2D eigenvalue weighted by Crippen LogP contribution is 2.23. The fourth-order valence-corrected chi connectivity index (χ4v) is 2.83. The van der Waals surface area contributed by atoms with Gasteiger partial charge in [0.25, 0.3) is 5.91 Å². The summed E-state index contributed by atoms with van der Waals surface area (Å²) in [5, 5.41) is 12.4. The molecule has 0 aromatic heterocycles. The molecule has 0 saturated heterocycles. The zero-order valence-corrected chi connectivity index (χ0v) is 15.2. The van der Waals surface area contributed by atoms with Gasteiger partial charge in [-0.1, -0.05) is 59.6 Å². The number of hydrogen-bond acceptors (Lipinski definition) is 2. The Hall–Kier alpha value is -2.83. The van der Waals surface area contributed by atoms with E-state index in [4.69, 9.17) is 11.6 Å². The van der Waals surface area contributed by atoms with Gasteiger partial charge in [-0.2, -0.15) is 5.26 Å². The minimum atomic E-state index is -0.475. The summed E-state index contributed by atoms with van der Waals surface area (Å²) in [5.41, 5.74) is 4.60. The lowest BCUT2D eigenvalue weighted by Gasteiger charge is -2.12. The van der Waals surface area contributed by atoms with Gasteiger partial charge >= 0.3 is 0 Å². The van der Waals surface area contributed by atoms with Crippen molar-refractivity contribution in [1.29, 1.82) is 5.26 Å². The molecular weight excluding hydrogens is 332 g/mol. The van der Waals surface area contributed by atoms with Crippen LogP contribution in [-0.4, -0.2) is 5.91 Å². The van der Waals surface area contributed by atoms with Gasteiger partial charge < -0.3 is 5.32 Å². The molecule has 3 nitrogen and oxygen atoms in total. The Balaban J connectivity index is 2.25. The second-order valence-electron chi connectivity index (χ2n) is 5.84. The van der Waals surface area contributed by atoms with E-state index in [1.54, 1.807) is 6.08 Å². The van der Waals surface area contributed by atoms with Crippen LogP contribution in [0.2, 0.25) is 0 Å². The van der Waals surface area contributed by atoms with Crippen LogP contribution in [0.5, 0.6) is 0 Å². The van der Waals surface area contributed by atoms with E-state index in [0.717, 1.165) is 27.9 Å². The second-order valence-corrected chi connectivity index (χ2v) is 6.27. The van der Waals surface area contributed by atoms with Crippen molar-refractivity contribution in [3.05, 3.63) is 81.4 Å². The SMILES string of the molecule is Cc1cc(C)c(NC(=O)/C(C#N)=C/C(Cl)=C/c2ccccc2)c(C)c1. The van der Waals surface area contributed by atoms with Gasteiger partial charge in [0.1, 0.15) is 11.6 Å². The molecule has 0 aliphatic heterocycles. The molecule has 2 rings (SSSR count). The lowest BCUT2D eigenvalue weighted by molar-refractivity contribution is -0.112. The molecule has 2 aromatic rings. The predicted molar refractivity (Wildman–Crippen MR) is 103 cm³/mol. The molecule has 0 unspecified atom stereocenters. The number of carbonyl (C=O) groups is 1. The van der Waals surface area contributed by atoms with Gasteiger partial charge in [0, 0.05) is 10.7 Å². The molecule has 1 amide bonds. The lowest BCUT2D eigenvalue weighted by Crippen LogP contribution is -2.15. The smallest absolute Gasteiger partial charge is 0.266 e. The molecule has 0 heterocycles. The van der Waals surface area contributed by atoms with Gasteiger partial charge in [0.2, 0.25) is 0 Å². The quantitative estimate of drug-likeness (QED) is 0.463. The van der Waals surface area contributed by atoms with Crippen LogP contribution in [0.3, 0.4) is 0 Å². The summed E-state index contributed by atoms with van der Waals surface area (Å²) in [4.78, 5) is 12.4. The maximum atomic E-state index is 12.4. The monoisotopic (exact) mass is 350 g/mol. The number of nitriles is 1. The normalized spacial score (nSPS) is 11.8. The van der Waals surface area contributed by atoms with E-state index in [9.17, 15) is 10.1 Å². The first-order chi connectivity index (χ1) is 11.9. The lowest BCUT2D eigenvalue weighted by atomic mass is 10.0.